The largest absolute Gasteiger partial charge is 0.346 e. The molecule has 2 heterocycles. The van der Waals surface area contributed by atoms with Crippen LogP contribution < -0.4 is 10.9 Å². The highest BCUT2D eigenvalue weighted by molar-refractivity contribution is 7.90. The van der Waals surface area contributed by atoms with Gasteiger partial charge in [-0.3, -0.25) is 14.6 Å². The number of pyridine rings is 2. The predicted molar refractivity (Wildman–Crippen MR) is 97.8 cm³/mol. The van der Waals surface area contributed by atoms with Gasteiger partial charge in [-0.05, 0) is 36.8 Å². The maximum absolute atomic E-state index is 12.3. The van der Waals surface area contributed by atoms with Gasteiger partial charge in [0.05, 0.1) is 22.7 Å². The van der Waals surface area contributed by atoms with E-state index in [0.29, 0.717) is 16.8 Å². The van der Waals surface area contributed by atoms with Gasteiger partial charge in [0.15, 0.2) is 9.84 Å². The van der Waals surface area contributed by atoms with E-state index in [4.69, 9.17) is 0 Å². The van der Waals surface area contributed by atoms with Gasteiger partial charge < -0.3 is 10.3 Å². The van der Waals surface area contributed by atoms with Gasteiger partial charge in [-0.2, -0.15) is 0 Å². The van der Waals surface area contributed by atoms with Gasteiger partial charge in [0.1, 0.15) is 0 Å². The molecule has 7 nitrogen and oxygen atoms in total. The van der Waals surface area contributed by atoms with E-state index >= 15 is 0 Å². The van der Waals surface area contributed by atoms with Crippen molar-refractivity contribution in [2.45, 2.75) is 18.4 Å². The van der Waals surface area contributed by atoms with Crippen LogP contribution in [0.2, 0.25) is 0 Å². The lowest BCUT2D eigenvalue weighted by Gasteiger charge is -2.09. The second-order valence-corrected chi connectivity index (χ2v) is 8.00. The summed E-state index contributed by atoms with van der Waals surface area (Å²) >= 11 is 0. The molecule has 0 fully saturated rings. The highest BCUT2D eigenvalue weighted by Crippen LogP contribution is 2.17. The standard InChI is InChI=1S/C18H17N3O4S/c1-11-3-4-12(7-16(11)26(2,24)25)18(23)20-10-14-8-15-13(9-19-14)5-6-17(22)21-15/h3-9H,10H2,1-2H3,(H,20,23)(H,21,22). The lowest BCUT2D eigenvalue weighted by atomic mass is 10.1. The van der Waals surface area contributed by atoms with Gasteiger partial charge in [0.25, 0.3) is 5.91 Å². The molecular weight excluding hydrogens is 354 g/mol. The van der Waals surface area contributed by atoms with Gasteiger partial charge in [0, 0.05) is 29.5 Å². The predicted octanol–water partition coefficient (Wildman–Crippen LogP) is 1.57. The van der Waals surface area contributed by atoms with Crippen LogP contribution in [0.4, 0.5) is 0 Å². The molecule has 0 bridgehead atoms. The molecule has 0 saturated carbocycles. The molecule has 1 amide bonds. The molecule has 0 aliphatic rings. The molecule has 3 aromatic rings. The second-order valence-electron chi connectivity index (χ2n) is 6.02. The van der Waals surface area contributed by atoms with Crippen molar-refractivity contribution in [2.75, 3.05) is 6.26 Å². The van der Waals surface area contributed by atoms with Crippen LogP contribution in [0.3, 0.4) is 0 Å². The molecule has 0 saturated heterocycles. The minimum absolute atomic E-state index is 0.131. The van der Waals surface area contributed by atoms with Crippen LogP contribution in [0, 0.1) is 6.92 Å². The Morgan fingerprint density at radius 1 is 1.19 bits per heavy atom. The first-order chi connectivity index (χ1) is 12.2. The number of rotatable bonds is 4. The van der Waals surface area contributed by atoms with Gasteiger partial charge in [-0.1, -0.05) is 6.07 Å². The number of carbonyl (C=O) groups excluding carboxylic acids is 1. The first kappa shape index (κ1) is 17.8. The molecule has 0 aliphatic carbocycles. The first-order valence-electron chi connectivity index (χ1n) is 7.81. The van der Waals surface area contributed by atoms with Crippen molar-refractivity contribution in [1.82, 2.24) is 15.3 Å². The third-order valence-corrected chi connectivity index (χ3v) is 5.18. The third-order valence-electron chi connectivity index (χ3n) is 3.94. The topological polar surface area (TPSA) is 109 Å². The number of amides is 1. The van der Waals surface area contributed by atoms with Gasteiger partial charge in [0.2, 0.25) is 5.56 Å². The normalized spacial score (nSPS) is 11.5. The van der Waals surface area contributed by atoms with Crippen molar-refractivity contribution in [3.63, 3.8) is 0 Å². The SMILES string of the molecule is Cc1ccc(C(=O)NCc2cc3[nH]c(=O)ccc3cn2)cc1S(C)(=O)=O. The summed E-state index contributed by atoms with van der Waals surface area (Å²) in [5.74, 6) is -0.404. The quantitative estimate of drug-likeness (QED) is 0.723. The van der Waals surface area contributed by atoms with Crippen LogP contribution >= 0.6 is 0 Å². The van der Waals surface area contributed by atoms with Crippen LogP contribution in [0.25, 0.3) is 10.9 Å². The number of hydrogen-bond acceptors (Lipinski definition) is 5. The molecule has 2 aromatic heterocycles. The van der Waals surface area contributed by atoms with Crippen molar-refractivity contribution in [3.8, 4) is 0 Å². The highest BCUT2D eigenvalue weighted by atomic mass is 32.2. The lowest BCUT2D eigenvalue weighted by molar-refractivity contribution is 0.0950. The van der Waals surface area contributed by atoms with Crippen LogP contribution in [0.1, 0.15) is 21.6 Å². The molecule has 0 radical (unpaired) electrons. The van der Waals surface area contributed by atoms with E-state index < -0.39 is 15.7 Å². The number of nitrogens with one attached hydrogen (secondary N) is 2. The Morgan fingerprint density at radius 3 is 2.69 bits per heavy atom. The lowest BCUT2D eigenvalue weighted by Crippen LogP contribution is -2.23. The van der Waals surface area contributed by atoms with E-state index in [1.807, 2.05) is 0 Å². The second kappa shape index (κ2) is 6.72. The van der Waals surface area contributed by atoms with E-state index in [2.05, 4.69) is 15.3 Å². The highest BCUT2D eigenvalue weighted by Gasteiger charge is 2.14. The molecular formula is C18H17N3O4S. The molecule has 0 atom stereocenters. The first-order valence-corrected chi connectivity index (χ1v) is 9.70. The van der Waals surface area contributed by atoms with Crippen molar-refractivity contribution in [2.24, 2.45) is 0 Å². The Kier molecular flexibility index (Phi) is 4.60. The number of fused-ring (bicyclic) bond motifs is 1. The van der Waals surface area contributed by atoms with Gasteiger partial charge in [-0.25, -0.2) is 8.42 Å². The smallest absolute Gasteiger partial charge is 0.251 e. The number of benzene rings is 1. The van der Waals surface area contributed by atoms with E-state index in [1.54, 1.807) is 37.4 Å². The molecule has 3 rings (SSSR count). The fourth-order valence-corrected chi connectivity index (χ4v) is 3.59. The molecule has 26 heavy (non-hydrogen) atoms. The van der Waals surface area contributed by atoms with E-state index in [-0.39, 0.29) is 22.6 Å². The van der Waals surface area contributed by atoms with Crippen LogP contribution in [0.15, 0.2) is 52.3 Å². The van der Waals surface area contributed by atoms with Gasteiger partial charge in [-0.15, -0.1) is 0 Å². The number of nitrogens with zero attached hydrogens (tertiary/aromatic N) is 1. The van der Waals surface area contributed by atoms with E-state index in [1.165, 1.54) is 12.1 Å². The Bertz CT molecular complexity index is 1170. The number of H-pyrrole nitrogens is 1. The molecule has 134 valence electrons. The van der Waals surface area contributed by atoms with Crippen molar-refractivity contribution >= 4 is 26.6 Å². The summed E-state index contributed by atoms with van der Waals surface area (Å²) < 4.78 is 23.6. The summed E-state index contributed by atoms with van der Waals surface area (Å²) in [7, 11) is -3.41. The van der Waals surface area contributed by atoms with E-state index in [9.17, 15) is 18.0 Å². The zero-order valence-electron chi connectivity index (χ0n) is 14.2. The molecule has 8 heteroatoms. The summed E-state index contributed by atoms with van der Waals surface area (Å²) in [5, 5.41) is 3.49. The number of carbonyl (C=O) groups is 1. The Balaban J connectivity index is 1.80. The number of aromatic nitrogens is 2. The summed E-state index contributed by atoms with van der Waals surface area (Å²) in [6.07, 6.45) is 2.72. The van der Waals surface area contributed by atoms with Crippen LogP contribution in [0.5, 0.6) is 0 Å². The summed E-state index contributed by atoms with van der Waals surface area (Å²) in [4.78, 5) is 30.8. The number of hydrogen-bond donors (Lipinski definition) is 2. The Hall–Kier alpha value is -3.00. The summed E-state index contributed by atoms with van der Waals surface area (Å²) in [6, 6.07) is 9.32. The summed E-state index contributed by atoms with van der Waals surface area (Å²) in [6.45, 7) is 1.83. The third kappa shape index (κ3) is 3.80. The maximum Gasteiger partial charge on any atom is 0.251 e. The molecule has 0 spiro atoms. The fourth-order valence-electron chi connectivity index (χ4n) is 2.60. The average molecular weight is 371 g/mol. The Labute approximate surface area is 150 Å². The number of aromatic amines is 1. The minimum atomic E-state index is -3.41. The summed E-state index contributed by atoms with van der Waals surface area (Å²) in [5.41, 5.74) is 1.83. The van der Waals surface area contributed by atoms with Crippen molar-refractivity contribution < 1.29 is 13.2 Å². The van der Waals surface area contributed by atoms with Crippen molar-refractivity contribution in [3.05, 3.63) is 69.8 Å². The molecule has 0 unspecified atom stereocenters. The molecule has 2 N–H and O–H groups in total. The average Bonchev–Trinajstić information content (AvgIpc) is 2.58. The number of aryl methyl sites for hydroxylation is 1. The minimum Gasteiger partial charge on any atom is -0.346 e. The van der Waals surface area contributed by atoms with Crippen LogP contribution in [-0.2, 0) is 16.4 Å². The number of sulfone groups is 1. The molecule has 1 aromatic carbocycles. The monoisotopic (exact) mass is 371 g/mol. The Morgan fingerprint density at radius 2 is 1.96 bits per heavy atom. The maximum atomic E-state index is 12.3. The van der Waals surface area contributed by atoms with Crippen LogP contribution in [-0.4, -0.2) is 30.5 Å². The van der Waals surface area contributed by atoms with E-state index in [0.717, 1.165) is 11.6 Å². The van der Waals surface area contributed by atoms with Crippen molar-refractivity contribution in [1.29, 1.82) is 0 Å². The zero-order chi connectivity index (χ0) is 18.9. The zero-order valence-corrected chi connectivity index (χ0v) is 15.1. The fraction of sp³-hybridized carbons (Fsp3) is 0.167. The molecule has 0 aliphatic heterocycles. The van der Waals surface area contributed by atoms with Gasteiger partial charge >= 0.3 is 0 Å².